The van der Waals surface area contributed by atoms with Crippen LogP contribution in [0.15, 0.2) is 52.5 Å². The molecule has 0 radical (unpaired) electrons. The van der Waals surface area contributed by atoms with Crippen molar-refractivity contribution in [2.45, 2.75) is 20.3 Å². The lowest BCUT2D eigenvalue weighted by molar-refractivity contribution is -0.130. The first-order chi connectivity index (χ1) is 17.8. The van der Waals surface area contributed by atoms with Gasteiger partial charge < -0.3 is 24.4 Å². The molecule has 1 saturated heterocycles. The van der Waals surface area contributed by atoms with Gasteiger partial charge in [-0.2, -0.15) is 0 Å². The number of nitrogens with zero attached hydrogens (tertiary/aromatic N) is 4. The summed E-state index contributed by atoms with van der Waals surface area (Å²) in [6.45, 7) is 6.85. The summed E-state index contributed by atoms with van der Waals surface area (Å²) in [6.07, 6.45) is 1.59. The molecule has 3 aromatic rings. The predicted octanol–water partition coefficient (Wildman–Crippen LogP) is 4.02. The summed E-state index contributed by atoms with van der Waals surface area (Å²) in [5.41, 5.74) is 1.58. The van der Waals surface area contributed by atoms with Gasteiger partial charge in [-0.25, -0.2) is 4.98 Å². The number of hydrogen-bond donors (Lipinski definition) is 1. The van der Waals surface area contributed by atoms with Crippen molar-refractivity contribution in [1.82, 2.24) is 14.8 Å². The predicted molar refractivity (Wildman–Crippen MR) is 144 cm³/mol. The fraction of sp³-hybridized carbons (Fsp3) is 0.385. The van der Waals surface area contributed by atoms with Crippen molar-refractivity contribution < 1.29 is 18.8 Å². The standard InChI is InChI=1S/C26H30ClN5O4S/c1-18(2)15-32(25(35)22-8-5-13-36-22)16-23(33)29-26-28-19(17-37-26)14-24(34)31-11-9-30(10-12-31)21-7-4-3-6-20(21)27/h3-8,13,17-18H,9-12,14-16H2,1-2H3,(H,28,29,33). The molecule has 1 aromatic carbocycles. The number of piperazine rings is 1. The van der Waals surface area contributed by atoms with Gasteiger partial charge in [0.05, 0.1) is 29.1 Å². The Morgan fingerprint density at radius 1 is 1.14 bits per heavy atom. The van der Waals surface area contributed by atoms with E-state index in [4.69, 9.17) is 16.0 Å². The molecule has 0 aliphatic carbocycles. The lowest BCUT2D eigenvalue weighted by Gasteiger charge is -2.36. The normalized spacial score (nSPS) is 13.6. The van der Waals surface area contributed by atoms with Crippen molar-refractivity contribution in [3.05, 3.63) is 64.5 Å². The Hall–Kier alpha value is -3.37. The van der Waals surface area contributed by atoms with Gasteiger partial charge in [-0.05, 0) is 30.2 Å². The van der Waals surface area contributed by atoms with E-state index in [1.165, 1.54) is 22.5 Å². The first kappa shape index (κ1) is 26.7. The van der Waals surface area contributed by atoms with Crippen LogP contribution in [-0.2, 0) is 16.0 Å². The SMILES string of the molecule is CC(C)CN(CC(=O)Nc1nc(CC(=O)N2CCN(c3ccccc3Cl)CC2)cs1)C(=O)c1ccco1. The molecule has 0 spiro atoms. The number of anilines is 2. The van der Waals surface area contributed by atoms with E-state index in [1.807, 2.05) is 43.0 Å². The lowest BCUT2D eigenvalue weighted by Crippen LogP contribution is -2.49. The number of para-hydroxylation sites is 1. The second kappa shape index (κ2) is 12.2. The molecule has 1 aliphatic rings. The van der Waals surface area contributed by atoms with E-state index in [9.17, 15) is 14.4 Å². The first-order valence-electron chi connectivity index (χ1n) is 12.1. The molecular formula is C26H30ClN5O4S. The number of benzene rings is 1. The second-order valence-corrected chi connectivity index (χ2v) is 10.5. The van der Waals surface area contributed by atoms with Crippen molar-refractivity contribution in [2.24, 2.45) is 5.92 Å². The number of amides is 3. The lowest BCUT2D eigenvalue weighted by atomic mass is 10.2. The van der Waals surface area contributed by atoms with E-state index in [-0.39, 0.29) is 42.4 Å². The van der Waals surface area contributed by atoms with Crippen molar-refractivity contribution in [3.63, 3.8) is 0 Å². The van der Waals surface area contributed by atoms with Gasteiger partial charge >= 0.3 is 0 Å². The molecule has 1 aliphatic heterocycles. The molecule has 3 heterocycles. The third kappa shape index (κ3) is 7.11. The van der Waals surface area contributed by atoms with Crippen molar-refractivity contribution >= 4 is 51.5 Å². The Bertz CT molecular complexity index is 1220. The van der Waals surface area contributed by atoms with Crippen LogP contribution in [-0.4, -0.2) is 71.8 Å². The van der Waals surface area contributed by atoms with Gasteiger partial charge in [0.15, 0.2) is 10.9 Å². The zero-order valence-corrected chi connectivity index (χ0v) is 22.4. The molecule has 1 N–H and O–H groups in total. The number of nitrogens with one attached hydrogen (secondary N) is 1. The maximum Gasteiger partial charge on any atom is 0.290 e. The molecule has 1 fully saturated rings. The summed E-state index contributed by atoms with van der Waals surface area (Å²) in [4.78, 5) is 48.1. The highest BCUT2D eigenvalue weighted by Gasteiger charge is 2.24. The minimum atomic E-state index is -0.358. The molecule has 0 unspecified atom stereocenters. The number of furan rings is 1. The quantitative estimate of drug-likeness (QED) is 0.438. The van der Waals surface area contributed by atoms with E-state index >= 15 is 0 Å². The number of thiazole rings is 1. The molecule has 2 aromatic heterocycles. The highest BCUT2D eigenvalue weighted by Crippen LogP contribution is 2.26. The highest BCUT2D eigenvalue weighted by molar-refractivity contribution is 7.13. The van der Waals surface area contributed by atoms with Crippen molar-refractivity contribution in [2.75, 3.05) is 49.5 Å². The monoisotopic (exact) mass is 543 g/mol. The summed E-state index contributed by atoms with van der Waals surface area (Å²) >= 11 is 7.56. The van der Waals surface area contributed by atoms with Gasteiger partial charge in [-0.1, -0.05) is 37.6 Å². The molecule has 0 saturated carbocycles. The minimum absolute atomic E-state index is 0.00543. The fourth-order valence-corrected chi connectivity index (χ4v) is 5.15. The number of rotatable bonds is 9. The summed E-state index contributed by atoms with van der Waals surface area (Å²) in [7, 11) is 0. The van der Waals surface area contributed by atoms with E-state index in [0.29, 0.717) is 48.6 Å². The maximum absolute atomic E-state index is 12.9. The highest BCUT2D eigenvalue weighted by atomic mass is 35.5. The van der Waals surface area contributed by atoms with Crippen LogP contribution >= 0.6 is 22.9 Å². The fourth-order valence-electron chi connectivity index (χ4n) is 4.17. The first-order valence-corrected chi connectivity index (χ1v) is 13.4. The average Bonchev–Trinajstić information content (AvgIpc) is 3.56. The minimum Gasteiger partial charge on any atom is -0.459 e. The second-order valence-electron chi connectivity index (χ2n) is 9.25. The van der Waals surface area contributed by atoms with Gasteiger partial charge in [0.1, 0.15) is 6.54 Å². The van der Waals surface area contributed by atoms with Crippen LogP contribution in [0.2, 0.25) is 5.02 Å². The molecule has 0 bridgehead atoms. The van der Waals surface area contributed by atoms with Gasteiger partial charge in [0.25, 0.3) is 5.91 Å². The molecule has 37 heavy (non-hydrogen) atoms. The molecule has 196 valence electrons. The van der Waals surface area contributed by atoms with E-state index in [0.717, 1.165) is 5.69 Å². The topological polar surface area (TPSA) is 99.0 Å². The zero-order chi connectivity index (χ0) is 26.4. The van der Waals surface area contributed by atoms with Gasteiger partial charge in [-0.15, -0.1) is 11.3 Å². The summed E-state index contributed by atoms with van der Waals surface area (Å²) in [5.74, 6) is -0.335. The zero-order valence-electron chi connectivity index (χ0n) is 20.9. The van der Waals surface area contributed by atoms with E-state index in [2.05, 4.69) is 15.2 Å². The summed E-state index contributed by atoms with van der Waals surface area (Å²) in [5, 5.41) is 5.62. The van der Waals surface area contributed by atoms with Crippen LogP contribution in [0.25, 0.3) is 0 Å². The Kier molecular flexibility index (Phi) is 8.83. The largest absolute Gasteiger partial charge is 0.459 e. The molecule has 4 rings (SSSR count). The molecular weight excluding hydrogens is 514 g/mol. The molecule has 9 nitrogen and oxygen atoms in total. The maximum atomic E-state index is 12.9. The summed E-state index contributed by atoms with van der Waals surface area (Å²) in [6, 6.07) is 10.9. The summed E-state index contributed by atoms with van der Waals surface area (Å²) < 4.78 is 5.20. The van der Waals surface area contributed by atoms with Gasteiger partial charge in [0, 0.05) is 38.1 Å². The number of aromatic nitrogens is 1. The smallest absolute Gasteiger partial charge is 0.290 e. The van der Waals surface area contributed by atoms with Crippen molar-refractivity contribution in [1.29, 1.82) is 0 Å². The Balaban J connectivity index is 1.28. The number of hydrogen-bond acceptors (Lipinski definition) is 7. The van der Waals surface area contributed by atoms with Gasteiger partial charge in [0.2, 0.25) is 11.8 Å². The van der Waals surface area contributed by atoms with Crippen LogP contribution in [0.3, 0.4) is 0 Å². The number of carbonyl (C=O) groups excluding carboxylic acids is 3. The third-order valence-electron chi connectivity index (χ3n) is 5.90. The van der Waals surface area contributed by atoms with E-state index < -0.39 is 0 Å². The van der Waals surface area contributed by atoms with E-state index in [1.54, 1.807) is 17.5 Å². The van der Waals surface area contributed by atoms with Crippen LogP contribution in [0.5, 0.6) is 0 Å². The van der Waals surface area contributed by atoms with Gasteiger partial charge in [-0.3, -0.25) is 14.4 Å². The van der Waals surface area contributed by atoms with Crippen LogP contribution < -0.4 is 10.2 Å². The Morgan fingerprint density at radius 3 is 2.57 bits per heavy atom. The van der Waals surface area contributed by atoms with Crippen LogP contribution in [0, 0.1) is 5.92 Å². The number of carbonyl (C=O) groups is 3. The molecule has 0 atom stereocenters. The Labute approximate surface area is 225 Å². The van der Waals surface area contributed by atoms with Crippen LogP contribution in [0.4, 0.5) is 10.8 Å². The van der Waals surface area contributed by atoms with Crippen molar-refractivity contribution in [3.8, 4) is 0 Å². The van der Waals surface area contributed by atoms with Crippen LogP contribution in [0.1, 0.15) is 30.1 Å². The average molecular weight is 544 g/mol. The molecule has 3 amide bonds. The number of halogens is 1. The third-order valence-corrected chi connectivity index (χ3v) is 7.02. The Morgan fingerprint density at radius 2 is 1.89 bits per heavy atom. The molecule has 11 heteroatoms.